The van der Waals surface area contributed by atoms with E-state index in [9.17, 15) is 17.6 Å². The summed E-state index contributed by atoms with van der Waals surface area (Å²) < 4.78 is 52.8. The standard InChI is InChI=1S/C11H14F4N2/c1-3-5-17(6-4-2)9-7(12)10(14)16-11(15)8(9)13/h3-6H2,1-2H3. The highest BCUT2D eigenvalue weighted by Gasteiger charge is 2.24. The molecule has 0 saturated heterocycles. The van der Waals surface area contributed by atoms with Crippen LogP contribution in [0.2, 0.25) is 0 Å². The fourth-order valence-corrected chi connectivity index (χ4v) is 1.63. The Balaban J connectivity index is 3.25. The van der Waals surface area contributed by atoms with Crippen LogP contribution in [0.1, 0.15) is 26.7 Å². The third-order valence-corrected chi connectivity index (χ3v) is 2.28. The molecule has 0 radical (unpaired) electrons. The van der Waals surface area contributed by atoms with E-state index in [2.05, 4.69) is 4.98 Å². The van der Waals surface area contributed by atoms with Crippen molar-refractivity contribution < 1.29 is 17.6 Å². The Kier molecular flexibility index (Phi) is 4.72. The molecule has 1 heterocycles. The summed E-state index contributed by atoms with van der Waals surface area (Å²) in [6, 6.07) is 0. The van der Waals surface area contributed by atoms with E-state index in [-0.39, 0.29) is 0 Å². The lowest BCUT2D eigenvalue weighted by molar-refractivity contribution is 0.405. The van der Waals surface area contributed by atoms with Gasteiger partial charge in [0.25, 0.3) is 11.9 Å². The van der Waals surface area contributed by atoms with E-state index in [0.29, 0.717) is 25.9 Å². The zero-order valence-electron chi connectivity index (χ0n) is 9.73. The Bertz CT molecular complexity index is 363. The number of nitrogens with zero attached hydrogens (tertiary/aromatic N) is 2. The van der Waals surface area contributed by atoms with Gasteiger partial charge in [0.15, 0.2) is 0 Å². The Morgan fingerprint density at radius 1 is 0.882 bits per heavy atom. The van der Waals surface area contributed by atoms with Crippen molar-refractivity contribution in [3.8, 4) is 0 Å². The van der Waals surface area contributed by atoms with Crippen LogP contribution >= 0.6 is 0 Å². The first-order chi connectivity index (χ1) is 8.02. The minimum absolute atomic E-state index is 0.324. The Hall–Kier alpha value is -1.33. The van der Waals surface area contributed by atoms with E-state index in [1.807, 2.05) is 13.8 Å². The zero-order chi connectivity index (χ0) is 13.0. The average Bonchev–Trinajstić information content (AvgIpc) is 2.27. The van der Waals surface area contributed by atoms with Gasteiger partial charge in [0.1, 0.15) is 5.69 Å². The normalized spacial score (nSPS) is 10.7. The molecule has 0 saturated carbocycles. The SMILES string of the molecule is CCCN(CCC)c1c(F)c(F)nc(F)c1F. The van der Waals surface area contributed by atoms with Gasteiger partial charge >= 0.3 is 0 Å². The number of rotatable bonds is 5. The van der Waals surface area contributed by atoms with Crippen LogP contribution in [0.4, 0.5) is 23.2 Å². The number of anilines is 1. The highest BCUT2D eigenvalue weighted by molar-refractivity contribution is 5.48. The minimum Gasteiger partial charge on any atom is -0.367 e. The van der Waals surface area contributed by atoms with E-state index in [0.717, 1.165) is 0 Å². The lowest BCUT2D eigenvalue weighted by Crippen LogP contribution is -2.28. The summed E-state index contributed by atoms with van der Waals surface area (Å²) in [5.41, 5.74) is -0.668. The van der Waals surface area contributed by atoms with Gasteiger partial charge in [0.05, 0.1) is 0 Å². The lowest BCUT2D eigenvalue weighted by atomic mass is 10.2. The maximum Gasteiger partial charge on any atom is 0.253 e. The van der Waals surface area contributed by atoms with Crippen LogP contribution in [0.25, 0.3) is 0 Å². The predicted molar refractivity (Wildman–Crippen MR) is 56.9 cm³/mol. The zero-order valence-corrected chi connectivity index (χ0v) is 9.73. The maximum absolute atomic E-state index is 13.5. The fourth-order valence-electron chi connectivity index (χ4n) is 1.63. The van der Waals surface area contributed by atoms with Crippen LogP contribution in [0.15, 0.2) is 0 Å². The first kappa shape index (κ1) is 13.7. The fraction of sp³-hybridized carbons (Fsp3) is 0.545. The summed E-state index contributed by atoms with van der Waals surface area (Å²) in [4.78, 5) is 3.82. The van der Waals surface area contributed by atoms with Gasteiger partial charge in [-0.05, 0) is 12.8 Å². The van der Waals surface area contributed by atoms with E-state index < -0.39 is 29.2 Å². The molecule has 0 bridgehead atoms. The van der Waals surface area contributed by atoms with Crippen molar-refractivity contribution in [1.29, 1.82) is 0 Å². The van der Waals surface area contributed by atoms with Crippen molar-refractivity contribution in [3.05, 3.63) is 23.5 Å². The summed E-state index contributed by atoms with van der Waals surface area (Å²) in [6.45, 7) is 4.27. The lowest BCUT2D eigenvalue weighted by Gasteiger charge is -2.24. The van der Waals surface area contributed by atoms with Gasteiger partial charge in [0, 0.05) is 13.1 Å². The van der Waals surface area contributed by atoms with Crippen LogP contribution in [0.5, 0.6) is 0 Å². The van der Waals surface area contributed by atoms with Gasteiger partial charge < -0.3 is 4.90 Å². The minimum atomic E-state index is -1.61. The first-order valence-electron chi connectivity index (χ1n) is 5.47. The number of hydrogen-bond acceptors (Lipinski definition) is 2. The summed E-state index contributed by atoms with van der Waals surface area (Å²) in [6.07, 6.45) is 1.23. The quantitative estimate of drug-likeness (QED) is 0.589. The molecule has 0 aromatic carbocycles. The largest absolute Gasteiger partial charge is 0.367 e. The predicted octanol–water partition coefficient (Wildman–Crippen LogP) is 3.26. The first-order valence-corrected chi connectivity index (χ1v) is 5.47. The molecule has 0 aliphatic rings. The molecule has 0 aliphatic carbocycles. The molecule has 1 rings (SSSR count). The molecule has 0 amide bonds. The monoisotopic (exact) mass is 250 g/mol. The summed E-state index contributed by atoms with van der Waals surface area (Å²) in [5, 5.41) is 0. The number of hydrogen-bond donors (Lipinski definition) is 0. The van der Waals surface area contributed by atoms with E-state index in [4.69, 9.17) is 0 Å². The van der Waals surface area contributed by atoms with Gasteiger partial charge in [-0.2, -0.15) is 22.5 Å². The van der Waals surface area contributed by atoms with Gasteiger partial charge in [-0.15, -0.1) is 0 Å². The Morgan fingerprint density at radius 2 is 1.29 bits per heavy atom. The number of pyridine rings is 1. The molecule has 0 fully saturated rings. The second kappa shape index (κ2) is 5.84. The Labute approximate surface area is 97.3 Å². The number of aromatic nitrogens is 1. The highest BCUT2D eigenvalue weighted by Crippen LogP contribution is 2.26. The summed E-state index contributed by atoms with van der Waals surface area (Å²) in [5.74, 6) is -6.11. The van der Waals surface area contributed by atoms with Gasteiger partial charge in [0.2, 0.25) is 11.6 Å². The van der Waals surface area contributed by atoms with Gasteiger partial charge in [-0.25, -0.2) is 0 Å². The van der Waals surface area contributed by atoms with Crippen molar-refractivity contribution in [2.45, 2.75) is 26.7 Å². The molecule has 1 aromatic heterocycles. The molecular formula is C11H14F4N2. The van der Waals surface area contributed by atoms with Crippen molar-refractivity contribution in [2.75, 3.05) is 18.0 Å². The second-order valence-corrected chi connectivity index (χ2v) is 3.66. The topological polar surface area (TPSA) is 16.1 Å². The molecule has 96 valence electrons. The van der Waals surface area contributed by atoms with Crippen molar-refractivity contribution in [1.82, 2.24) is 4.98 Å². The molecule has 0 spiro atoms. The van der Waals surface area contributed by atoms with Crippen LogP contribution in [0.3, 0.4) is 0 Å². The van der Waals surface area contributed by atoms with Crippen LogP contribution in [-0.2, 0) is 0 Å². The van der Waals surface area contributed by atoms with Crippen LogP contribution in [-0.4, -0.2) is 18.1 Å². The Morgan fingerprint density at radius 3 is 1.65 bits per heavy atom. The van der Waals surface area contributed by atoms with Crippen LogP contribution < -0.4 is 4.90 Å². The smallest absolute Gasteiger partial charge is 0.253 e. The molecule has 0 unspecified atom stereocenters. The third-order valence-electron chi connectivity index (χ3n) is 2.28. The van der Waals surface area contributed by atoms with Crippen molar-refractivity contribution in [2.24, 2.45) is 0 Å². The molecule has 0 atom stereocenters. The molecule has 2 nitrogen and oxygen atoms in total. The van der Waals surface area contributed by atoms with Crippen molar-refractivity contribution >= 4 is 5.69 Å². The molecule has 1 aromatic rings. The van der Waals surface area contributed by atoms with Crippen molar-refractivity contribution in [3.63, 3.8) is 0 Å². The maximum atomic E-state index is 13.5. The van der Waals surface area contributed by atoms with Gasteiger partial charge in [-0.1, -0.05) is 13.8 Å². The van der Waals surface area contributed by atoms with Crippen LogP contribution in [0, 0.1) is 23.5 Å². The molecule has 17 heavy (non-hydrogen) atoms. The molecule has 6 heteroatoms. The second-order valence-electron chi connectivity index (χ2n) is 3.66. The van der Waals surface area contributed by atoms with E-state index >= 15 is 0 Å². The van der Waals surface area contributed by atoms with E-state index in [1.54, 1.807) is 0 Å². The van der Waals surface area contributed by atoms with E-state index in [1.165, 1.54) is 4.90 Å². The third kappa shape index (κ3) is 2.87. The molecule has 0 N–H and O–H groups in total. The average molecular weight is 250 g/mol. The highest BCUT2D eigenvalue weighted by atomic mass is 19.2. The summed E-state index contributed by atoms with van der Waals surface area (Å²) >= 11 is 0. The molecular weight excluding hydrogens is 236 g/mol. The molecule has 0 aliphatic heterocycles. The summed E-state index contributed by atoms with van der Waals surface area (Å²) in [7, 11) is 0. The number of halogens is 4. The van der Waals surface area contributed by atoms with Gasteiger partial charge in [-0.3, -0.25) is 0 Å².